The Bertz CT molecular complexity index is 2340. The van der Waals surface area contributed by atoms with Crippen molar-refractivity contribution in [3.05, 3.63) is 71.2 Å². The number of rotatable bonds is 6. The summed E-state index contributed by atoms with van der Waals surface area (Å²) in [5.41, 5.74) is 7.26. The van der Waals surface area contributed by atoms with E-state index in [9.17, 15) is 28.8 Å². The van der Waals surface area contributed by atoms with Crippen LogP contribution in [0.15, 0.2) is 60.1 Å². The fraction of sp³-hybridized carbons (Fsp3) is 0.522. The van der Waals surface area contributed by atoms with Gasteiger partial charge in [0.1, 0.15) is 35.7 Å². The van der Waals surface area contributed by atoms with Crippen LogP contribution < -0.4 is 27.0 Å². The number of aromatic amines is 1. The summed E-state index contributed by atoms with van der Waals surface area (Å²) in [6, 6.07) is 10.5. The molecule has 4 aromatic rings. The highest BCUT2D eigenvalue weighted by molar-refractivity contribution is 7.17. The standard InChI is InChI=1S/C46H56N8O6S/c47-20-17-33-43(58)53-21-9-15-37(53)44(59)54-36-14-5-1-10-27(36)24-38(54)42(57)50-35(23-29-26-61-39-16-6-3-12-31(29)39)41(56)52-46(18-7-8-19-46)45(60)51-34(40(55)49-33)22-28-25-48-32-13-4-2-11-30(28)32/h2-4,6,11-13,16,25-27,33-38,48H,1,5,7-10,14-15,17-24,47H2,(H,49,55)(H,50,57)(H,51,60)(H,52,56)/t27-,33+,34+,35+,36-,37-,38-/m1/s1. The van der Waals surface area contributed by atoms with Gasteiger partial charge in [0.2, 0.25) is 35.4 Å². The first-order valence-corrected chi connectivity index (χ1v) is 23.1. The van der Waals surface area contributed by atoms with Crippen LogP contribution in [-0.2, 0) is 41.6 Å². The number of para-hydroxylation sites is 1. The highest BCUT2D eigenvalue weighted by Crippen LogP contribution is 2.41. The third-order valence-electron chi connectivity index (χ3n) is 14.1. The molecule has 7 N–H and O–H groups in total. The van der Waals surface area contributed by atoms with Crippen LogP contribution in [0, 0.1) is 5.92 Å². The van der Waals surface area contributed by atoms with Gasteiger partial charge in [0.05, 0.1) is 0 Å². The van der Waals surface area contributed by atoms with Crippen LogP contribution in [0.3, 0.4) is 0 Å². The molecule has 61 heavy (non-hydrogen) atoms. The van der Waals surface area contributed by atoms with Gasteiger partial charge in [-0.3, -0.25) is 28.8 Å². The number of nitrogens with one attached hydrogen (secondary N) is 5. The Morgan fingerprint density at radius 1 is 0.705 bits per heavy atom. The summed E-state index contributed by atoms with van der Waals surface area (Å²) in [7, 11) is 0. The lowest BCUT2D eigenvalue weighted by Crippen LogP contribution is -2.65. The normalized spacial score (nSPS) is 28.8. The minimum absolute atomic E-state index is 0.0955. The number of fused-ring (bicyclic) bond motifs is 6. The smallest absolute Gasteiger partial charge is 0.246 e. The van der Waals surface area contributed by atoms with Crippen molar-refractivity contribution in [2.75, 3.05) is 13.1 Å². The van der Waals surface area contributed by atoms with Crippen LogP contribution in [0.2, 0.25) is 0 Å². The minimum atomic E-state index is -1.36. The minimum Gasteiger partial charge on any atom is -0.361 e. The van der Waals surface area contributed by atoms with Gasteiger partial charge < -0.3 is 41.8 Å². The van der Waals surface area contributed by atoms with E-state index < -0.39 is 65.3 Å². The first kappa shape index (κ1) is 41.1. The largest absolute Gasteiger partial charge is 0.361 e. The molecular weight excluding hydrogens is 793 g/mol. The van der Waals surface area contributed by atoms with Crippen molar-refractivity contribution in [1.82, 2.24) is 36.1 Å². The van der Waals surface area contributed by atoms with Crippen LogP contribution in [0.1, 0.15) is 88.2 Å². The van der Waals surface area contributed by atoms with E-state index in [4.69, 9.17) is 5.73 Å². The summed E-state index contributed by atoms with van der Waals surface area (Å²) in [5.74, 6) is -2.52. The van der Waals surface area contributed by atoms with Gasteiger partial charge in [-0.15, -0.1) is 11.3 Å². The number of amides is 6. The molecule has 3 aliphatic heterocycles. The van der Waals surface area contributed by atoms with Gasteiger partial charge in [-0.25, -0.2) is 0 Å². The summed E-state index contributed by atoms with van der Waals surface area (Å²) >= 11 is 1.56. The number of carbonyl (C=O) groups excluding carboxylic acids is 6. The van der Waals surface area contributed by atoms with Crippen molar-refractivity contribution in [2.24, 2.45) is 11.7 Å². The Morgan fingerprint density at radius 2 is 1.43 bits per heavy atom. The lowest BCUT2D eigenvalue weighted by molar-refractivity contribution is -0.150. The predicted molar refractivity (Wildman–Crippen MR) is 232 cm³/mol. The molecule has 0 unspecified atom stereocenters. The molecular formula is C46H56N8O6S. The van der Waals surface area contributed by atoms with Gasteiger partial charge in [0.15, 0.2) is 0 Å². The van der Waals surface area contributed by atoms with E-state index in [0.717, 1.165) is 57.8 Å². The molecule has 5 heterocycles. The predicted octanol–water partition coefficient (Wildman–Crippen LogP) is 3.56. The molecule has 0 bridgehead atoms. The maximum atomic E-state index is 15.0. The molecule has 15 heteroatoms. The molecule has 7 atom stereocenters. The summed E-state index contributed by atoms with van der Waals surface area (Å²) in [6.45, 7) is 0.415. The van der Waals surface area contributed by atoms with Gasteiger partial charge in [-0.2, -0.15) is 0 Å². The molecule has 2 aliphatic carbocycles. The fourth-order valence-corrected chi connectivity index (χ4v) is 12.0. The average Bonchev–Trinajstić information content (AvgIpc) is 4.13. The van der Waals surface area contributed by atoms with Gasteiger partial charge in [0, 0.05) is 47.2 Å². The number of carbonyl (C=O) groups is 6. The van der Waals surface area contributed by atoms with Crippen LogP contribution in [0.25, 0.3) is 21.0 Å². The number of benzene rings is 2. The van der Waals surface area contributed by atoms with E-state index in [1.54, 1.807) is 21.1 Å². The summed E-state index contributed by atoms with van der Waals surface area (Å²) < 4.78 is 1.05. The molecule has 14 nitrogen and oxygen atoms in total. The molecule has 6 amide bonds. The number of hydrogen-bond acceptors (Lipinski definition) is 8. The topological polar surface area (TPSA) is 199 Å². The summed E-state index contributed by atoms with van der Waals surface area (Å²) in [4.78, 5) is 95.2. The van der Waals surface area contributed by atoms with Crippen molar-refractivity contribution < 1.29 is 28.8 Å². The van der Waals surface area contributed by atoms with E-state index in [-0.39, 0.29) is 43.7 Å². The molecule has 3 saturated heterocycles. The van der Waals surface area contributed by atoms with E-state index in [1.807, 2.05) is 60.1 Å². The third kappa shape index (κ3) is 7.90. The number of thiophene rings is 1. The van der Waals surface area contributed by atoms with E-state index in [2.05, 4.69) is 26.3 Å². The fourth-order valence-electron chi connectivity index (χ4n) is 11.0. The first-order chi connectivity index (χ1) is 29.6. The van der Waals surface area contributed by atoms with Crippen LogP contribution in [0.5, 0.6) is 0 Å². The molecule has 2 aromatic heterocycles. The SMILES string of the molecule is NCC[C@@H]1NC(=O)[C@H](Cc2c[nH]c3ccccc23)NC(=O)C2(CCCC2)NC(=O)[C@H](Cc2csc3ccccc23)NC(=O)[C@H]2C[C@H]3CCCC[C@H]3N2C(=O)[C@H]2CCCN2C1=O. The van der Waals surface area contributed by atoms with Crippen molar-refractivity contribution in [3.8, 4) is 0 Å². The zero-order chi connectivity index (χ0) is 42.3. The highest BCUT2D eigenvalue weighted by atomic mass is 32.1. The number of nitrogens with zero attached hydrogens (tertiary/aromatic N) is 2. The number of nitrogens with two attached hydrogens (primary N) is 1. The molecule has 0 radical (unpaired) electrons. The van der Waals surface area contributed by atoms with Gasteiger partial charge >= 0.3 is 0 Å². The Hall–Kier alpha value is -5.28. The quantitative estimate of drug-likeness (QED) is 0.171. The second kappa shape index (κ2) is 17.2. The summed E-state index contributed by atoms with van der Waals surface area (Å²) in [6.07, 6.45) is 9.29. The number of hydrogen-bond donors (Lipinski definition) is 6. The van der Waals surface area contributed by atoms with Crippen molar-refractivity contribution in [3.63, 3.8) is 0 Å². The molecule has 9 rings (SSSR count). The van der Waals surface area contributed by atoms with Crippen molar-refractivity contribution in [2.45, 2.75) is 132 Å². The lowest BCUT2D eigenvalue weighted by atomic mass is 9.84. The van der Waals surface area contributed by atoms with E-state index in [1.165, 1.54) is 0 Å². The van der Waals surface area contributed by atoms with Crippen LogP contribution in [0.4, 0.5) is 0 Å². The Labute approximate surface area is 359 Å². The van der Waals surface area contributed by atoms with E-state index >= 15 is 0 Å². The summed E-state index contributed by atoms with van der Waals surface area (Å²) in [5, 5.41) is 16.1. The van der Waals surface area contributed by atoms with Crippen LogP contribution in [-0.4, -0.2) is 105 Å². The molecule has 2 aromatic carbocycles. The second-order valence-corrected chi connectivity index (χ2v) is 18.7. The molecule has 2 saturated carbocycles. The monoisotopic (exact) mass is 848 g/mol. The zero-order valence-electron chi connectivity index (χ0n) is 34.5. The number of H-pyrrole nitrogens is 1. The average molecular weight is 849 g/mol. The maximum absolute atomic E-state index is 15.0. The molecule has 5 fully saturated rings. The highest BCUT2D eigenvalue weighted by Gasteiger charge is 2.52. The molecule has 5 aliphatic rings. The second-order valence-electron chi connectivity index (χ2n) is 17.8. The van der Waals surface area contributed by atoms with Crippen molar-refractivity contribution in [1.29, 1.82) is 0 Å². The van der Waals surface area contributed by atoms with Gasteiger partial charge in [0.25, 0.3) is 0 Å². The third-order valence-corrected chi connectivity index (χ3v) is 15.1. The Morgan fingerprint density at radius 3 is 2.25 bits per heavy atom. The Balaban J connectivity index is 1.12. The van der Waals surface area contributed by atoms with E-state index in [0.29, 0.717) is 51.5 Å². The lowest BCUT2D eigenvalue weighted by Gasteiger charge is -2.38. The van der Waals surface area contributed by atoms with Crippen molar-refractivity contribution >= 4 is 67.8 Å². The van der Waals surface area contributed by atoms with Gasteiger partial charge in [-0.05, 0) is 97.9 Å². The zero-order valence-corrected chi connectivity index (χ0v) is 35.3. The maximum Gasteiger partial charge on any atom is 0.246 e. The Kier molecular flexibility index (Phi) is 11.6. The van der Waals surface area contributed by atoms with Gasteiger partial charge in [-0.1, -0.05) is 62.1 Å². The number of aromatic nitrogens is 1. The van der Waals surface area contributed by atoms with Crippen LogP contribution >= 0.6 is 11.3 Å². The first-order valence-electron chi connectivity index (χ1n) is 22.2. The molecule has 1 spiro atoms. The molecule has 322 valence electrons.